The van der Waals surface area contributed by atoms with Gasteiger partial charge in [-0.25, -0.2) is 4.79 Å². The van der Waals surface area contributed by atoms with Crippen molar-refractivity contribution in [3.05, 3.63) is 42.5 Å². The minimum atomic E-state index is -0.394. The van der Waals surface area contributed by atoms with Crippen LogP contribution in [0.4, 0.5) is 16.3 Å². The summed E-state index contributed by atoms with van der Waals surface area (Å²) in [5.74, 6) is 1.78. The van der Waals surface area contributed by atoms with Crippen LogP contribution in [-0.2, 0) is 0 Å². The Kier molecular flexibility index (Phi) is 4.01. The molecule has 3 rings (SSSR count). The number of nitrogens with one attached hydrogen (secondary N) is 3. The standard InChI is InChI=1S/C16H16N4O3/c1-22-11-5-3-4-10(8-11)17-16(21)18-15-13-9-12(23-2)6-7-14(13)19-20-15/h3-9H,1-2H3,(H3,17,18,19,20,21). The average Bonchev–Trinajstić information content (AvgIpc) is 2.97. The number of urea groups is 1. The van der Waals surface area contributed by atoms with Crippen molar-refractivity contribution in [2.75, 3.05) is 24.9 Å². The highest BCUT2D eigenvalue weighted by atomic mass is 16.5. The van der Waals surface area contributed by atoms with Crippen molar-refractivity contribution >= 4 is 28.4 Å². The maximum atomic E-state index is 12.1. The van der Waals surface area contributed by atoms with E-state index in [1.54, 1.807) is 44.6 Å². The quantitative estimate of drug-likeness (QED) is 0.690. The second-order valence-electron chi connectivity index (χ2n) is 4.79. The molecule has 0 unspecified atom stereocenters. The Morgan fingerprint density at radius 1 is 1.04 bits per heavy atom. The molecule has 118 valence electrons. The molecule has 0 fully saturated rings. The summed E-state index contributed by atoms with van der Waals surface area (Å²) in [7, 11) is 3.16. The first-order chi connectivity index (χ1) is 11.2. The molecular formula is C16H16N4O3. The Bertz CT molecular complexity index is 844. The third kappa shape index (κ3) is 3.18. The summed E-state index contributed by atoms with van der Waals surface area (Å²) < 4.78 is 10.3. The van der Waals surface area contributed by atoms with E-state index in [4.69, 9.17) is 9.47 Å². The normalized spacial score (nSPS) is 10.3. The van der Waals surface area contributed by atoms with Gasteiger partial charge in [-0.05, 0) is 30.3 Å². The summed E-state index contributed by atoms with van der Waals surface area (Å²) in [6.45, 7) is 0. The number of hydrogen-bond donors (Lipinski definition) is 3. The minimum absolute atomic E-state index is 0.394. The van der Waals surface area contributed by atoms with E-state index < -0.39 is 6.03 Å². The molecule has 7 nitrogen and oxygen atoms in total. The molecule has 0 spiro atoms. The molecule has 0 atom stereocenters. The molecule has 0 aliphatic heterocycles. The number of anilines is 2. The number of aromatic nitrogens is 2. The fourth-order valence-electron chi connectivity index (χ4n) is 2.19. The zero-order chi connectivity index (χ0) is 16.2. The van der Waals surface area contributed by atoms with Gasteiger partial charge >= 0.3 is 6.03 Å². The fourth-order valence-corrected chi connectivity index (χ4v) is 2.19. The zero-order valence-electron chi connectivity index (χ0n) is 12.7. The summed E-state index contributed by atoms with van der Waals surface area (Å²) in [6.07, 6.45) is 0. The smallest absolute Gasteiger partial charge is 0.324 e. The lowest BCUT2D eigenvalue weighted by Crippen LogP contribution is -2.19. The number of methoxy groups -OCH3 is 2. The van der Waals surface area contributed by atoms with Gasteiger partial charge in [0.25, 0.3) is 0 Å². The van der Waals surface area contributed by atoms with Gasteiger partial charge in [0.05, 0.1) is 19.7 Å². The van der Waals surface area contributed by atoms with Crippen molar-refractivity contribution in [3.8, 4) is 11.5 Å². The molecule has 1 aromatic heterocycles. The number of rotatable bonds is 4. The summed E-state index contributed by atoms with van der Waals surface area (Å²) in [5, 5.41) is 13.2. The Hall–Kier alpha value is -3.22. The SMILES string of the molecule is COc1cccc(NC(=O)Nc2n[nH]c3ccc(OC)cc23)c1. The van der Waals surface area contributed by atoms with Gasteiger partial charge < -0.3 is 14.8 Å². The van der Waals surface area contributed by atoms with Crippen molar-refractivity contribution in [2.45, 2.75) is 0 Å². The molecule has 1 heterocycles. The predicted octanol–water partition coefficient (Wildman–Crippen LogP) is 3.22. The molecule has 2 amide bonds. The zero-order valence-corrected chi connectivity index (χ0v) is 12.7. The van der Waals surface area contributed by atoms with Crippen LogP contribution in [0.3, 0.4) is 0 Å². The van der Waals surface area contributed by atoms with Gasteiger partial charge in [-0.15, -0.1) is 0 Å². The molecule has 0 bridgehead atoms. The summed E-state index contributed by atoms with van der Waals surface area (Å²) in [4.78, 5) is 12.1. The van der Waals surface area contributed by atoms with E-state index in [0.717, 1.165) is 10.9 Å². The van der Waals surface area contributed by atoms with Crippen molar-refractivity contribution in [1.29, 1.82) is 0 Å². The highest BCUT2D eigenvalue weighted by Gasteiger charge is 2.10. The van der Waals surface area contributed by atoms with Gasteiger partial charge in [-0.1, -0.05) is 6.07 Å². The average molecular weight is 312 g/mol. The lowest BCUT2D eigenvalue weighted by Gasteiger charge is -2.07. The van der Waals surface area contributed by atoms with Crippen LogP contribution in [0.2, 0.25) is 0 Å². The second-order valence-corrected chi connectivity index (χ2v) is 4.79. The van der Waals surface area contributed by atoms with Gasteiger partial charge in [0.15, 0.2) is 5.82 Å². The Morgan fingerprint density at radius 2 is 1.83 bits per heavy atom. The monoisotopic (exact) mass is 312 g/mol. The largest absolute Gasteiger partial charge is 0.497 e. The molecule has 0 aliphatic carbocycles. The van der Waals surface area contributed by atoms with E-state index in [1.807, 2.05) is 12.1 Å². The number of carbonyl (C=O) groups excluding carboxylic acids is 1. The predicted molar refractivity (Wildman–Crippen MR) is 88.3 cm³/mol. The molecule has 3 aromatic rings. The van der Waals surface area contributed by atoms with Crippen LogP contribution >= 0.6 is 0 Å². The molecule has 3 N–H and O–H groups in total. The van der Waals surface area contributed by atoms with Crippen molar-refractivity contribution in [1.82, 2.24) is 10.2 Å². The summed E-state index contributed by atoms with van der Waals surface area (Å²) >= 11 is 0. The van der Waals surface area contributed by atoms with Crippen LogP contribution in [0.15, 0.2) is 42.5 Å². The number of hydrogen-bond acceptors (Lipinski definition) is 4. The Balaban J connectivity index is 1.77. The van der Waals surface area contributed by atoms with Gasteiger partial charge in [-0.2, -0.15) is 5.10 Å². The lowest BCUT2D eigenvalue weighted by atomic mass is 10.2. The van der Waals surface area contributed by atoms with E-state index >= 15 is 0 Å². The molecule has 0 saturated heterocycles. The lowest BCUT2D eigenvalue weighted by molar-refractivity contribution is 0.262. The first-order valence-corrected chi connectivity index (χ1v) is 6.94. The summed E-state index contributed by atoms with van der Waals surface area (Å²) in [5.41, 5.74) is 1.43. The van der Waals surface area contributed by atoms with Crippen LogP contribution in [0.1, 0.15) is 0 Å². The topological polar surface area (TPSA) is 88.3 Å². The first-order valence-electron chi connectivity index (χ1n) is 6.94. The molecule has 0 aliphatic rings. The van der Waals surface area contributed by atoms with Crippen LogP contribution in [-0.4, -0.2) is 30.4 Å². The molecule has 0 radical (unpaired) electrons. The molecule has 7 heteroatoms. The Labute approximate surface area is 132 Å². The van der Waals surface area contributed by atoms with Crippen LogP contribution in [0, 0.1) is 0 Å². The van der Waals surface area contributed by atoms with Crippen LogP contribution in [0.5, 0.6) is 11.5 Å². The number of fused-ring (bicyclic) bond motifs is 1. The third-order valence-corrected chi connectivity index (χ3v) is 3.33. The third-order valence-electron chi connectivity index (χ3n) is 3.33. The Morgan fingerprint density at radius 3 is 2.61 bits per heavy atom. The van der Waals surface area contributed by atoms with Gasteiger partial charge in [0.1, 0.15) is 11.5 Å². The maximum Gasteiger partial charge on any atom is 0.324 e. The van der Waals surface area contributed by atoms with Gasteiger partial charge in [-0.3, -0.25) is 10.4 Å². The highest BCUT2D eigenvalue weighted by Crippen LogP contribution is 2.25. The van der Waals surface area contributed by atoms with E-state index in [2.05, 4.69) is 20.8 Å². The van der Waals surface area contributed by atoms with Crippen molar-refractivity contribution < 1.29 is 14.3 Å². The number of ether oxygens (including phenoxy) is 2. The van der Waals surface area contributed by atoms with Gasteiger partial charge in [0.2, 0.25) is 0 Å². The number of benzene rings is 2. The van der Waals surface area contributed by atoms with E-state index in [1.165, 1.54) is 0 Å². The second kappa shape index (κ2) is 6.27. The van der Waals surface area contributed by atoms with Crippen molar-refractivity contribution in [3.63, 3.8) is 0 Å². The minimum Gasteiger partial charge on any atom is -0.497 e. The number of amides is 2. The first kappa shape index (κ1) is 14.7. The van der Waals surface area contributed by atoms with E-state index in [9.17, 15) is 4.79 Å². The van der Waals surface area contributed by atoms with Crippen LogP contribution in [0.25, 0.3) is 10.9 Å². The number of nitrogens with zero attached hydrogens (tertiary/aromatic N) is 1. The molecular weight excluding hydrogens is 296 g/mol. The molecule has 0 saturated carbocycles. The van der Waals surface area contributed by atoms with Gasteiger partial charge in [0, 0.05) is 17.1 Å². The number of carbonyl (C=O) groups is 1. The highest BCUT2D eigenvalue weighted by molar-refractivity contribution is 6.04. The molecule has 2 aromatic carbocycles. The summed E-state index contributed by atoms with van der Waals surface area (Å²) in [6, 6.07) is 12.2. The van der Waals surface area contributed by atoms with E-state index in [0.29, 0.717) is 23.0 Å². The maximum absolute atomic E-state index is 12.1. The van der Waals surface area contributed by atoms with Crippen LogP contribution < -0.4 is 20.1 Å². The van der Waals surface area contributed by atoms with Crippen molar-refractivity contribution in [2.24, 2.45) is 0 Å². The number of aromatic amines is 1. The fraction of sp³-hybridized carbons (Fsp3) is 0.125. The number of H-pyrrole nitrogens is 1. The van der Waals surface area contributed by atoms with E-state index in [-0.39, 0.29) is 0 Å². The molecule has 23 heavy (non-hydrogen) atoms.